The molecule has 0 heterocycles. The Labute approximate surface area is 294 Å². The van der Waals surface area contributed by atoms with Crippen molar-refractivity contribution in [3.63, 3.8) is 0 Å². The fraction of sp³-hybridized carbons (Fsp3) is 0.667. The summed E-state index contributed by atoms with van der Waals surface area (Å²) in [5, 5.41) is 36.4. The number of carbonyl (C=O) groups excluding carboxylic acids is 5. The molecule has 3 fully saturated rings. The Morgan fingerprint density at radius 3 is 2.36 bits per heavy atom. The predicted molar refractivity (Wildman–Crippen MR) is 185 cm³/mol. The fourth-order valence-corrected chi connectivity index (χ4v) is 9.65. The fourth-order valence-electron chi connectivity index (χ4n) is 9.65. The lowest BCUT2D eigenvalue weighted by Gasteiger charge is -2.58. The number of ketones is 2. The molecule has 0 aromatic heterocycles. The summed E-state index contributed by atoms with van der Waals surface area (Å²) < 4.78 is 5.28. The Morgan fingerprint density at radius 1 is 0.840 bits per heavy atom. The maximum absolute atomic E-state index is 13.5. The smallest absolute Gasteiger partial charge is 0.306 e. The number of ether oxygens (including phenoxy) is 1. The molecule has 0 bridgehead atoms. The molecule has 0 saturated heterocycles. The van der Waals surface area contributed by atoms with Gasteiger partial charge in [0.2, 0.25) is 17.6 Å². The number of aromatic hydroxyl groups is 2. The number of hydrogen-bond acceptors (Lipinski definition) is 9. The first kappa shape index (κ1) is 37.5. The lowest BCUT2D eigenvalue weighted by Crippen LogP contribution is -2.58. The molecule has 0 spiro atoms. The molecule has 11 heteroatoms. The van der Waals surface area contributed by atoms with Crippen molar-refractivity contribution in [3.05, 3.63) is 35.4 Å². The minimum Gasteiger partial charge on any atom is -0.504 e. The molecule has 11 nitrogen and oxygen atoms in total. The van der Waals surface area contributed by atoms with Crippen LogP contribution in [-0.2, 0) is 35.1 Å². The number of carbonyl (C=O) groups is 5. The molecule has 4 aliphatic rings. The summed E-state index contributed by atoms with van der Waals surface area (Å²) in [6.45, 7) is 4.67. The van der Waals surface area contributed by atoms with Crippen molar-refractivity contribution in [1.82, 2.24) is 10.6 Å². The van der Waals surface area contributed by atoms with E-state index >= 15 is 0 Å². The minimum atomic E-state index is -1.56. The van der Waals surface area contributed by atoms with Crippen molar-refractivity contribution in [2.24, 2.45) is 28.6 Å². The summed E-state index contributed by atoms with van der Waals surface area (Å²) in [6, 6.07) is 4.56. The summed E-state index contributed by atoms with van der Waals surface area (Å²) >= 11 is 0. The molecule has 2 amide bonds. The molecule has 5 rings (SSSR count). The molecule has 0 aliphatic heterocycles. The maximum Gasteiger partial charge on any atom is 0.306 e. The van der Waals surface area contributed by atoms with E-state index < -0.39 is 29.4 Å². The zero-order valence-corrected chi connectivity index (χ0v) is 29.6. The van der Waals surface area contributed by atoms with Gasteiger partial charge in [0.05, 0.1) is 6.42 Å². The second-order valence-corrected chi connectivity index (χ2v) is 15.5. The standard InChI is InChI=1S/C39H54N2O9/c1-37-17-13-27(42)23-26(37)8-9-28-29(37)14-18-38(2)30(28)15-19-39(38,49)33(45)24-50-36(48)12-11-35(47)40-20-5-3-4-6-34(46)41-21-16-25-7-10-31(43)32(44)22-25/h7,10,22-23,28-30,43-44,49H,3-6,8-9,11-21,24H2,1-2H3,(H,40,47)(H,41,46)/t28?,29?,30?,37-,38-,39-/m0/s1. The van der Waals surface area contributed by atoms with Gasteiger partial charge in [0, 0.05) is 37.8 Å². The van der Waals surface area contributed by atoms with Crippen molar-refractivity contribution < 1.29 is 44.0 Å². The maximum atomic E-state index is 13.5. The van der Waals surface area contributed by atoms with E-state index in [-0.39, 0.29) is 53.3 Å². The van der Waals surface area contributed by atoms with Crippen LogP contribution < -0.4 is 10.6 Å². The van der Waals surface area contributed by atoms with Crippen LogP contribution in [0.5, 0.6) is 11.5 Å². The lowest BCUT2D eigenvalue weighted by molar-refractivity contribution is -0.170. The Kier molecular flexibility index (Phi) is 11.8. The van der Waals surface area contributed by atoms with Gasteiger partial charge >= 0.3 is 5.97 Å². The third kappa shape index (κ3) is 7.92. The van der Waals surface area contributed by atoms with Crippen molar-refractivity contribution in [1.29, 1.82) is 0 Å². The average molecular weight is 695 g/mol. The summed E-state index contributed by atoms with van der Waals surface area (Å²) in [4.78, 5) is 62.4. The summed E-state index contributed by atoms with van der Waals surface area (Å²) in [6.07, 6.45) is 10.7. The van der Waals surface area contributed by atoms with Crippen molar-refractivity contribution in [2.75, 3.05) is 19.7 Å². The van der Waals surface area contributed by atoms with E-state index in [9.17, 15) is 39.3 Å². The number of rotatable bonds is 15. The third-order valence-electron chi connectivity index (χ3n) is 12.7. The summed E-state index contributed by atoms with van der Waals surface area (Å²) in [5.41, 5.74) is -0.0574. The molecule has 274 valence electrons. The van der Waals surface area contributed by atoms with Crippen LogP contribution in [0.15, 0.2) is 29.8 Å². The van der Waals surface area contributed by atoms with Gasteiger partial charge in [0.25, 0.3) is 0 Å². The molecule has 0 radical (unpaired) electrons. The Balaban J connectivity index is 0.951. The first-order chi connectivity index (χ1) is 23.8. The Hall–Kier alpha value is -3.73. The van der Waals surface area contributed by atoms with E-state index in [1.54, 1.807) is 6.07 Å². The number of benzene rings is 1. The largest absolute Gasteiger partial charge is 0.504 e. The van der Waals surface area contributed by atoms with Crippen LogP contribution in [0.3, 0.4) is 0 Å². The van der Waals surface area contributed by atoms with Gasteiger partial charge in [-0.2, -0.15) is 0 Å². The first-order valence-electron chi connectivity index (χ1n) is 18.5. The number of allylic oxidation sites excluding steroid dienone is 1. The molecule has 3 saturated carbocycles. The molecule has 3 unspecified atom stereocenters. The van der Waals surface area contributed by atoms with Crippen molar-refractivity contribution in [2.45, 2.75) is 116 Å². The molecule has 4 aliphatic carbocycles. The van der Waals surface area contributed by atoms with E-state index in [1.165, 1.54) is 17.7 Å². The number of phenols is 2. The van der Waals surface area contributed by atoms with Crippen LogP contribution in [0.1, 0.15) is 109 Å². The zero-order chi connectivity index (χ0) is 36.1. The highest BCUT2D eigenvalue weighted by atomic mass is 16.5. The molecule has 5 N–H and O–H groups in total. The quantitative estimate of drug-likeness (QED) is 0.0998. The highest BCUT2D eigenvalue weighted by molar-refractivity contribution is 5.92. The molecule has 1 aromatic carbocycles. The molecular weight excluding hydrogens is 640 g/mol. The van der Waals surface area contributed by atoms with Gasteiger partial charge in [-0.05, 0) is 111 Å². The van der Waals surface area contributed by atoms with Crippen LogP contribution in [0.2, 0.25) is 0 Å². The topological polar surface area (TPSA) is 179 Å². The van der Waals surface area contributed by atoms with Crippen LogP contribution in [-0.4, -0.2) is 70.0 Å². The number of Topliss-reactive ketones (excluding diaryl/α,β-unsaturated/α-hetero) is 1. The Bertz CT molecular complexity index is 1510. The van der Waals surface area contributed by atoms with E-state index in [1.807, 2.05) is 13.0 Å². The monoisotopic (exact) mass is 694 g/mol. The molecule has 1 aromatic rings. The van der Waals surface area contributed by atoms with Gasteiger partial charge in [0.1, 0.15) is 5.60 Å². The van der Waals surface area contributed by atoms with E-state index in [4.69, 9.17) is 4.74 Å². The normalized spacial score (nSPS) is 29.9. The van der Waals surface area contributed by atoms with Gasteiger partial charge in [-0.3, -0.25) is 24.0 Å². The molecule has 50 heavy (non-hydrogen) atoms. The first-order valence-corrected chi connectivity index (χ1v) is 18.5. The number of fused-ring (bicyclic) bond motifs is 5. The second kappa shape index (κ2) is 15.7. The third-order valence-corrected chi connectivity index (χ3v) is 12.7. The number of aliphatic hydroxyl groups is 1. The van der Waals surface area contributed by atoms with E-state index in [2.05, 4.69) is 17.6 Å². The van der Waals surface area contributed by atoms with Crippen LogP contribution in [0.25, 0.3) is 0 Å². The number of phenolic OH excluding ortho intramolecular Hbond substituents is 2. The highest BCUT2D eigenvalue weighted by Crippen LogP contribution is 2.67. The van der Waals surface area contributed by atoms with E-state index in [0.29, 0.717) is 69.9 Å². The summed E-state index contributed by atoms with van der Waals surface area (Å²) in [5.74, 6) is -0.619. The van der Waals surface area contributed by atoms with Crippen molar-refractivity contribution >= 4 is 29.4 Å². The lowest BCUT2D eigenvalue weighted by atomic mass is 9.46. The van der Waals surface area contributed by atoms with Gasteiger partial charge in [-0.15, -0.1) is 0 Å². The molecule has 6 atom stereocenters. The number of esters is 1. The number of hydrogen-bond donors (Lipinski definition) is 5. The second-order valence-electron chi connectivity index (χ2n) is 15.5. The highest BCUT2D eigenvalue weighted by Gasteiger charge is 2.66. The van der Waals surface area contributed by atoms with Crippen LogP contribution in [0.4, 0.5) is 0 Å². The summed E-state index contributed by atoms with van der Waals surface area (Å²) in [7, 11) is 0. The molecular formula is C39H54N2O9. The van der Waals surface area contributed by atoms with Gasteiger partial charge in [0.15, 0.2) is 23.9 Å². The minimum absolute atomic E-state index is 0.00784. The zero-order valence-electron chi connectivity index (χ0n) is 29.6. The van der Waals surface area contributed by atoms with Crippen molar-refractivity contribution in [3.8, 4) is 11.5 Å². The van der Waals surface area contributed by atoms with E-state index in [0.717, 1.165) is 44.1 Å². The van der Waals surface area contributed by atoms with Gasteiger partial charge in [-0.25, -0.2) is 0 Å². The number of unbranched alkanes of at least 4 members (excludes halogenated alkanes) is 2. The van der Waals surface area contributed by atoms with Gasteiger partial charge < -0.3 is 30.7 Å². The predicted octanol–water partition coefficient (Wildman–Crippen LogP) is 4.59. The van der Waals surface area contributed by atoms with Gasteiger partial charge in [-0.1, -0.05) is 31.9 Å². The number of nitrogens with one attached hydrogen (secondary N) is 2. The SMILES string of the molecule is C[C@]12CCC(=O)C=C1CCC1C2CC[C@@]2(C)C1CC[C@]2(O)C(=O)COC(=O)CCC(=O)NCCCCCC(=O)NCCc1ccc(O)c(O)c1. The Morgan fingerprint density at radius 2 is 1.58 bits per heavy atom. The average Bonchev–Trinajstić information content (AvgIpc) is 3.37. The van der Waals surface area contributed by atoms with Crippen LogP contribution >= 0.6 is 0 Å². The van der Waals surface area contributed by atoms with Crippen LogP contribution in [0, 0.1) is 28.6 Å². The number of amides is 2.